The van der Waals surface area contributed by atoms with E-state index < -0.39 is 6.04 Å². The number of hydrogen-bond acceptors (Lipinski definition) is 3. The van der Waals surface area contributed by atoms with Gasteiger partial charge in [0.15, 0.2) is 0 Å². The molecular formula is C17H27ClN2O2. The Morgan fingerprint density at radius 2 is 2.05 bits per heavy atom. The van der Waals surface area contributed by atoms with Crippen LogP contribution in [-0.2, 0) is 9.53 Å². The summed E-state index contributed by atoms with van der Waals surface area (Å²) in [5.41, 5.74) is 6.94. The molecule has 1 heterocycles. The van der Waals surface area contributed by atoms with Gasteiger partial charge in [0.2, 0.25) is 5.91 Å². The Hall–Kier alpha value is -1.10. The van der Waals surface area contributed by atoms with E-state index in [4.69, 9.17) is 10.5 Å². The predicted octanol–water partition coefficient (Wildman–Crippen LogP) is 2.77. The van der Waals surface area contributed by atoms with Gasteiger partial charge < -0.3 is 15.4 Å². The minimum Gasteiger partial charge on any atom is -0.376 e. The summed E-state index contributed by atoms with van der Waals surface area (Å²) in [5, 5.41) is 0. The molecule has 124 valence electrons. The highest BCUT2D eigenvalue weighted by molar-refractivity contribution is 5.85. The first-order valence-corrected chi connectivity index (χ1v) is 7.79. The van der Waals surface area contributed by atoms with E-state index in [9.17, 15) is 4.79 Å². The van der Waals surface area contributed by atoms with Gasteiger partial charge in [0.05, 0.1) is 6.10 Å². The average molecular weight is 327 g/mol. The van der Waals surface area contributed by atoms with Crippen LogP contribution in [0.3, 0.4) is 0 Å². The molecule has 1 aromatic rings. The Morgan fingerprint density at radius 3 is 2.68 bits per heavy atom. The molecule has 2 atom stereocenters. The molecule has 2 unspecified atom stereocenters. The molecule has 4 nitrogen and oxygen atoms in total. The fourth-order valence-electron chi connectivity index (χ4n) is 2.53. The first-order valence-electron chi connectivity index (χ1n) is 7.79. The number of ether oxygens (including phenoxy) is 1. The first kappa shape index (κ1) is 18.9. The van der Waals surface area contributed by atoms with Gasteiger partial charge in [-0.05, 0) is 24.3 Å². The van der Waals surface area contributed by atoms with Crippen LogP contribution in [0.4, 0.5) is 0 Å². The first-order chi connectivity index (χ1) is 10.1. The molecule has 2 rings (SSSR count). The summed E-state index contributed by atoms with van der Waals surface area (Å²) in [7, 11) is 0. The number of nitrogens with two attached hydrogens (primary N) is 1. The van der Waals surface area contributed by atoms with Crippen molar-refractivity contribution >= 4 is 18.3 Å². The smallest absolute Gasteiger partial charge is 0.244 e. The van der Waals surface area contributed by atoms with Crippen LogP contribution in [0.5, 0.6) is 0 Å². The number of nitrogens with zero attached hydrogens (tertiary/aromatic N) is 1. The maximum atomic E-state index is 12.4. The van der Waals surface area contributed by atoms with Crippen LogP contribution in [-0.4, -0.2) is 36.6 Å². The Labute approximate surface area is 139 Å². The van der Waals surface area contributed by atoms with Crippen LogP contribution in [0.15, 0.2) is 30.3 Å². The van der Waals surface area contributed by atoms with E-state index in [0.29, 0.717) is 12.5 Å². The summed E-state index contributed by atoms with van der Waals surface area (Å²) < 4.78 is 5.84. The molecular weight excluding hydrogens is 300 g/mol. The maximum Gasteiger partial charge on any atom is 0.244 e. The number of benzene rings is 1. The third kappa shape index (κ3) is 5.27. The molecule has 1 amide bonds. The molecule has 0 aliphatic carbocycles. The van der Waals surface area contributed by atoms with Crippen molar-refractivity contribution in [3.05, 3.63) is 35.9 Å². The lowest BCUT2D eigenvalue weighted by Gasteiger charge is -2.21. The number of carbonyl (C=O) groups is 1. The van der Waals surface area contributed by atoms with Gasteiger partial charge in [0, 0.05) is 19.7 Å². The second-order valence-electron chi connectivity index (χ2n) is 6.14. The maximum absolute atomic E-state index is 12.4. The summed E-state index contributed by atoms with van der Waals surface area (Å²) in [6.07, 6.45) is 2.13. The standard InChI is InChI=1S/C17H26N2O2.ClH/c1-13(2)9-11-21-15-8-10-19(12-15)17(20)16(18)14-6-4-3-5-7-14;/h3-7,13,15-16H,8-12,18H2,1-2H3;1H. The highest BCUT2D eigenvalue weighted by atomic mass is 35.5. The lowest BCUT2D eigenvalue weighted by molar-refractivity contribution is -0.132. The van der Waals surface area contributed by atoms with Crippen molar-refractivity contribution in [3.8, 4) is 0 Å². The zero-order valence-electron chi connectivity index (χ0n) is 13.4. The monoisotopic (exact) mass is 326 g/mol. The van der Waals surface area contributed by atoms with E-state index in [1.807, 2.05) is 35.2 Å². The topological polar surface area (TPSA) is 55.6 Å². The van der Waals surface area contributed by atoms with E-state index in [0.717, 1.165) is 31.6 Å². The fraction of sp³-hybridized carbons (Fsp3) is 0.588. The second kappa shape index (κ2) is 9.13. The van der Waals surface area contributed by atoms with Gasteiger partial charge in [-0.25, -0.2) is 0 Å². The van der Waals surface area contributed by atoms with Gasteiger partial charge in [-0.15, -0.1) is 12.4 Å². The molecule has 0 bridgehead atoms. The van der Waals surface area contributed by atoms with Crippen LogP contribution < -0.4 is 5.73 Å². The molecule has 0 spiro atoms. The molecule has 1 aliphatic rings. The molecule has 2 N–H and O–H groups in total. The van der Waals surface area contributed by atoms with Crippen LogP contribution in [0, 0.1) is 5.92 Å². The third-order valence-electron chi connectivity index (χ3n) is 3.93. The summed E-state index contributed by atoms with van der Waals surface area (Å²) in [6.45, 7) is 6.55. The van der Waals surface area contributed by atoms with Gasteiger partial charge in [-0.2, -0.15) is 0 Å². The summed E-state index contributed by atoms with van der Waals surface area (Å²) in [5.74, 6) is 0.645. The van der Waals surface area contributed by atoms with Crippen molar-refractivity contribution in [2.24, 2.45) is 11.7 Å². The zero-order chi connectivity index (χ0) is 15.2. The third-order valence-corrected chi connectivity index (χ3v) is 3.93. The van der Waals surface area contributed by atoms with Gasteiger partial charge in [0.25, 0.3) is 0 Å². The summed E-state index contributed by atoms with van der Waals surface area (Å²) in [4.78, 5) is 14.2. The highest BCUT2D eigenvalue weighted by Gasteiger charge is 2.30. The van der Waals surface area contributed by atoms with Crippen LogP contribution in [0.25, 0.3) is 0 Å². The van der Waals surface area contributed by atoms with Crippen molar-refractivity contribution in [1.82, 2.24) is 4.90 Å². The predicted molar refractivity (Wildman–Crippen MR) is 91.0 cm³/mol. The van der Waals surface area contributed by atoms with Crippen molar-refractivity contribution in [3.63, 3.8) is 0 Å². The fourth-order valence-corrected chi connectivity index (χ4v) is 2.53. The van der Waals surface area contributed by atoms with Gasteiger partial charge in [-0.1, -0.05) is 44.2 Å². The number of halogens is 1. The van der Waals surface area contributed by atoms with Crippen molar-refractivity contribution in [2.75, 3.05) is 19.7 Å². The van der Waals surface area contributed by atoms with Crippen LogP contribution >= 0.6 is 12.4 Å². The summed E-state index contributed by atoms with van der Waals surface area (Å²) in [6, 6.07) is 8.97. The number of amides is 1. The number of hydrogen-bond donors (Lipinski definition) is 1. The number of carbonyl (C=O) groups excluding carboxylic acids is 1. The quantitative estimate of drug-likeness (QED) is 0.874. The summed E-state index contributed by atoms with van der Waals surface area (Å²) >= 11 is 0. The van der Waals surface area contributed by atoms with Gasteiger partial charge in [-0.3, -0.25) is 4.79 Å². The largest absolute Gasteiger partial charge is 0.376 e. The van der Waals surface area contributed by atoms with Gasteiger partial charge in [0.1, 0.15) is 6.04 Å². The normalized spacial score (nSPS) is 19.1. The van der Waals surface area contributed by atoms with Gasteiger partial charge >= 0.3 is 0 Å². The highest BCUT2D eigenvalue weighted by Crippen LogP contribution is 2.19. The Bertz CT molecular complexity index is 453. The van der Waals surface area contributed by atoms with E-state index in [-0.39, 0.29) is 24.4 Å². The number of rotatable bonds is 6. The molecule has 0 radical (unpaired) electrons. The molecule has 1 fully saturated rings. The Morgan fingerprint density at radius 1 is 1.36 bits per heavy atom. The molecule has 1 saturated heterocycles. The van der Waals surface area contributed by atoms with E-state index in [2.05, 4.69) is 13.8 Å². The minimum atomic E-state index is -0.569. The molecule has 22 heavy (non-hydrogen) atoms. The number of likely N-dealkylation sites (tertiary alicyclic amines) is 1. The minimum absolute atomic E-state index is 0. The van der Waals surface area contributed by atoms with Crippen LogP contribution in [0.2, 0.25) is 0 Å². The Kier molecular flexibility index (Phi) is 7.87. The molecule has 0 saturated carbocycles. The van der Waals surface area contributed by atoms with Crippen molar-refractivity contribution < 1.29 is 9.53 Å². The molecule has 5 heteroatoms. The van der Waals surface area contributed by atoms with E-state index in [1.165, 1.54) is 0 Å². The lowest BCUT2D eigenvalue weighted by atomic mass is 10.1. The Balaban J connectivity index is 0.00000242. The van der Waals surface area contributed by atoms with Crippen molar-refractivity contribution in [2.45, 2.75) is 38.8 Å². The average Bonchev–Trinajstić information content (AvgIpc) is 2.95. The van der Waals surface area contributed by atoms with Crippen LogP contribution in [0.1, 0.15) is 38.3 Å². The van der Waals surface area contributed by atoms with Crippen molar-refractivity contribution in [1.29, 1.82) is 0 Å². The van der Waals surface area contributed by atoms with E-state index in [1.54, 1.807) is 0 Å². The van der Waals surface area contributed by atoms with E-state index >= 15 is 0 Å². The molecule has 0 aromatic heterocycles. The second-order valence-corrected chi connectivity index (χ2v) is 6.14. The molecule has 1 aliphatic heterocycles. The molecule has 1 aromatic carbocycles. The zero-order valence-corrected chi connectivity index (χ0v) is 14.2. The lowest BCUT2D eigenvalue weighted by Crippen LogP contribution is -2.37. The SMILES string of the molecule is CC(C)CCOC1CCN(C(=O)C(N)c2ccccc2)C1.Cl.